The van der Waals surface area contributed by atoms with Gasteiger partial charge in [0, 0.05) is 18.2 Å². The van der Waals surface area contributed by atoms with E-state index in [2.05, 4.69) is 10.5 Å². The quantitative estimate of drug-likeness (QED) is 0.684. The van der Waals surface area contributed by atoms with Crippen LogP contribution >= 0.6 is 0 Å². The molecule has 0 spiro atoms. The number of aryl methyl sites for hydroxylation is 1. The second kappa shape index (κ2) is 8.55. The summed E-state index contributed by atoms with van der Waals surface area (Å²) in [5, 5.41) is 6.36. The molecule has 0 atom stereocenters. The van der Waals surface area contributed by atoms with Gasteiger partial charge in [-0.15, -0.1) is 0 Å². The number of hydrogen-bond acceptors (Lipinski definition) is 4. The van der Waals surface area contributed by atoms with Crippen molar-refractivity contribution >= 4 is 11.6 Å². The van der Waals surface area contributed by atoms with Gasteiger partial charge >= 0.3 is 0 Å². The van der Waals surface area contributed by atoms with E-state index in [0.717, 1.165) is 0 Å². The zero-order valence-electron chi connectivity index (χ0n) is 14.8. The zero-order chi connectivity index (χ0) is 19.2. The molecule has 1 heterocycles. The van der Waals surface area contributed by atoms with Crippen molar-refractivity contribution in [1.29, 1.82) is 0 Å². The van der Waals surface area contributed by atoms with Crippen LogP contribution in [0.1, 0.15) is 17.0 Å². The largest absolute Gasteiger partial charge is 0.360 e. The van der Waals surface area contributed by atoms with Crippen molar-refractivity contribution in [2.24, 2.45) is 0 Å². The maximum atomic E-state index is 14.0. The summed E-state index contributed by atoms with van der Waals surface area (Å²) in [6.45, 7) is 2.18. The van der Waals surface area contributed by atoms with E-state index < -0.39 is 11.7 Å². The first-order valence-electron chi connectivity index (χ1n) is 8.43. The molecule has 0 saturated carbocycles. The number of carbonyl (C=O) groups excluding carboxylic acids is 1. The topological polar surface area (TPSA) is 58.4 Å². The lowest BCUT2D eigenvalue weighted by Gasteiger charge is -2.21. The molecule has 27 heavy (non-hydrogen) atoms. The van der Waals surface area contributed by atoms with Crippen LogP contribution in [0.3, 0.4) is 0 Å². The van der Waals surface area contributed by atoms with E-state index in [1.54, 1.807) is 48.2 Å². The average Bonchev–Trinajstić information content (AvgIpc) is 3.03. The molecule has 2 aromatic carbocycles. The Morgan fingerprint density at radius 1 is 1.07 bits per heavy atom. The van der Waals surface area contributed by atoms with E-state index in [1.807, 2.05) is 0 Å². The fourth-order valence-electron chi connectivity index (χ4n) is 2.70. The number of hydrogen-bond donors (Lipinski definition) is 1. The normalized spacial score (nSPS) is 11.0. The molecular formula is C20H19F2N3O2. The maximum Gasteiger partial charge on any atom is 0.238 e. The van der Waals surface area contributed by atoms with E-state index in [0.29, 0.717) is 17.0 Å². The molecule has 0 saturated heterocycles. The van der Waals surface area contributed by atoms with E-state index in [9.17, 15) is 13.6 Å². The molecule has 1 aromatic heterocycles. The van der Waals surface area contributed by atoms with E-state index >= 15 is 0 Å². The van der Waals surface area contributed by atoms with Gasteiger partial charge in [0.05, 0.1) is 24.5 Å². The van der Waals surface area contributed by atoms with Gasteiger partial charge in [0.25, 0.3) is 0 Å². The Kier molecular flexibility index (Phi) is 5.93. The molecule has 0 bridgehead atoms. The summed E-state index contributed by atoms with van der Waals surface area (Å²) in [5.41, 5.74) is 1.27. The molecule has 140 valence electrons. The van der Waals surface area contributed by atoms with E-state index in [1.165, 1.54) is 18.2 Å². The molecule has 3 aromatic rings. The first-order valence-corrected chi connectivity index (χ1v) is 8.43. The summed E-state index contributed by atoms with van der Waals surface area (Å²) in [5.74, 6) is -0.724. The number of amides is 1. The number of aromatic nitrogens is 1. The highest BCUT2D eigenvalue weighted by atomic mass is 19.1. The smallest absolute Gasteiger partial charge is 0.238 e. The van der Waals surface area contributed by atoms with E-state index in [-0.39, 0.29) is 31.1 Å². The Bertz CT molecular complexity index is 927. The van der Waals surface area contributed by atoms with Crippen LogP contribution < -0.4 is 5.32 Å². The van der Waals surface area contributed by atoms with Gasteiger partial charge in [-0.2, -0.15) is 0 Å². The summed E-state index contributed by atoms with van der Waals surface area (Å²) >= 11 is 0. The highest BCUT2D eigenvalue weighted by Gasteiger charge is 2.17. The SMILES string of the molecule is Cc1cc(CN(CC(=O)Nc2ccccc2F)Cc2ccccc2F)on1. The Balaban J connectivity index is 1.73. The van der Waals surface area contributed by atoms with Gasteiger partial charge in [0.15, 0.2) is 5.76 Å². The number of benzene rings is 2. The Morgan fingerprint density at radius 2 is 1.78 bits per heavy atom. The van der Waals surface area contributed by atoms with Crippen molar-refractivity contribution in [2.45, 2.75) is 20.0 Å². The highest BCUT2D eigenvalue weighted by Crippen LogP contribution is 2.15. The third-order valence-electron chi connectivity index (χ3n) is 3.92. The van der Waals surface area contributed by atoms with Gasteiger partial charge in [0.1, 0.15) is 11.6 Å². The third kappa shape index (κ3) is 5.21. The van der Waals surface area contributed by atoms with Gasteiger partial charge in [0.2, 0.25) is 5.91 Å². The van der Waals surface area contributed by atoms with Crippen molar-refractivity contribution < 1.29 is 18.1 Å². The second-order valence-electron chi connectivity index (χ2n) is 6.20. The van der Waals surface area contributed by atoms with Gasteiger partial charge in [-0.3, -0.25) is 9.69 Å². The summed E-state index contributed by atoms with van der Waals surface area (Å²) < 4.78 is 33.0. The summed E-state index contributed by atoms with van der Waals surface area (Å²) in [4.78, 5) is 14.1. The van der Waals surface area contributed by atoms with Crippen molar-refractivity contribution in [1.82, 2.24) is 10.1 Å². The second-order valence-corrected chi connectivity index (χ2v) is 6.20. The van der Waals surface area contributed by atoms with Crippen LogP contribution in [0.25, 0.3) is 0 Å². The molecule has 0 unspecified atom stereocenters. The molecule has 0 aliphatic heterocycles. The van der Waals surface area contributed by atoms with Crippen molar-refractivity contribution in [3.8, 4) is 0 Å². The van der Waals surface area contributed by atoms with Crippen molar-refractivity contribution in [2.75, 3.05) is 11.9 Å². The minimum absolute atomic E-state index is 0.0670. The van der Waals surface area contributed by atoms with Crippen molar-refractivity contribution in [3.63, 3.8) is 0 Å². The van der Waals surface area contributed by atoms with Gasteiger partial charge in [-0.05, 0) is 25.1 Å². The van der Waals surface area contributed by atoms with Crippen LogP contribution in [0.15, 0.2) is 59.1 Å². The molecule has 1 amide bonds. The predicted molar refractivity (Wildman–Crippen MR) is 96.8 cm³/mol. The van der Waals surface area contributed by atoms with Crippen LogP contribution in [0.2, 0.25) is 0 Å². The number of nitrogens with zero attached hydrogens (tertiary/aromatic N) is 2. The van der Waals surface area contributed by atoms with Crippen LogP contribution in [-0.4, -0.2) is 22.5 Å². The zero-order valence-corrected chi connectivity index (χ0v) is 14.8. The van der Waals surface area contributed by atoms with Gasteiger partial charge in [-0.25, -0.2) is 8.78 Å². The van der Waals surface area contributed by atoms with Crippen LogP contribution in [0.5, 0.6) is 0 Å². The van der Waals surface area contributed by atoms with Crippen LogP contribution in [-0.2, 0) is 17.9 Å². The monoisotopic (exact) mass is 371 g/mol. The number of nitrogens with one attached hydrogen (secondary N) is 1. The molecule has 0 fully saturated rings. The Labute approximate surface area is 155 Å². The molecule has 3 rings (SSSR count). The maximum absolute atomic E-state index is 14.0. The van der Waals surface area contributed by atoms with Gasteiger partial charge in [-0.1, -0.05) is 35.5 Å². The molecule has 0 aliphatic carbocycles. The lowest BCUT2D eigenvalue weighted by Crippen LogP contribution is -2.33. The number of rotatable bonds is 7. The molecule has 5 nitrogen and oxygen atoms in total. The minimum Gasteiger partial charge on any atom is -0.360 e. The summed E-state index contributed by atoms with van der Waals surface area (Å²) in [6, 6.07) is 14.0. The average molecular weight is 371 g/mol. The highest BCUT2D eigenvalue weighted by molar-refractivity contribution is 5.92. The molecular weight excluding hydrogens is 352 g/mol. The fraction of sp³-hybridized carbons (Fsp3) is 0.200. The minimum atomic E-state index is -0.516. The lowest BCUT2D eigenvalue weighted by molar-refractivity contribution is -0.117. The first-order chi connectivity index (χ1) is 13.0. The Morgan fingerprint density at radius 3 is 2.44 bits per heavy atom. The molecule has 1 N–H and O–H groups in total. The first kappa shape index (κ1) is 18.7. The number of para-hydroxylation sites is 1. The van der Waals surface area contributed by atoms with Crippen LogP contribution in [0, 0.1) is 18.6 Å². The summed E-state index contributed by atoms with van der Waals surface area (Å²) in [6.07, 6.45) is 0. The molecule has 7 heteroatoms. The van der Waals surface area contributed by atoms with Crippen LogP contribution in [0.4, 0.5) is 14.5 Å². The number of anilines is 1. The predicted octanol–water partition coefficient (Wildman–Crippen LogP) is 3.90. The number of carbonyl (C=O) groups is 1. The molecule has 0 aliphatic rings. The number of halogens is 2. The van der Waals surface area contributed by atoms with Crippen molar-refractivity contribution in [3.05, 3.63) is 83.2 Å². The summed E-state index contributed by atoms with van der Waals surface area (Å²) in [7, 11) is 0. The molecule has 0 radical (unpaired) electrons. The standard InChI is InChI=1S/C20H19F2N3O2/c1-14-10-16(27-24-14)12-25(11-15-6-2-3-7-17(15)21)13-20(26)23-19-9-5-4-8-18(19)22/h2-10H,11-13H2,1H3,(H,23,26). The third-order valence-corrected chi connectivity index (χ3v) is 3.92. The van der Waals surface area contributed by atoms with E-state index in [4.69, 9.17) is 4.52 Å². The lowest BCUT2D eigenvalue weighted by atomic mass is 10.2. The van der Waals surface area contributed by atoms with Gasteiger partial charge < -0.3 is 9.84 Å². The fourth-order valence-corrected chi connectivity index (χ4v) is 2.70. The Hall–Kier alpha value is -3.06.